The fourth-order valence-corrected chi connectivity index (χ4v) is 3.83. The molecule has 4 aromatic rings. The minimum Gasteiger partial charge on any atom is -0.451 e. The predicted octanol–water partition coefficient (Wildman–Crippen LogP) is 6.42. The maximum Gasteiger partial charge on any atom is 0.332 e. The molecule has 0 aliphatic heterocycles. The highest BCUT2D eigenvalue weighted by molar-refractivity contribution is 9.10. The maximum atomic E-state index is 13.0. The van der Waals surface area contributed by atoms with Gasteiger partial charge in [-0.15, -0.1) is 0 Å². The van der Waals surface area contributed by atoms with Crippen LogP contribution in [0.2, 0.25) is 0 Å². The topological polar surface area (TPSA) is 52.6 Å². The van der Waals surface area contributed by atoms with E-state index in [9.17, 15) is 9.59 Å². The standard InChI is InChI=1S/C29H23BrO4/c30-25(28(31)33-26(21-13-5-1-6-14-21)22-15-7-2-8-16-22)29(32)34-27(23-17-9-3-10-18-23)24-19-11-4-12-20-24/h1-20,25-27H. The smallest absolute Gasteiger partial charge is 0.332 e. The summed E-state index contributed by atoms with van der Waals surface area (Å²) in [6.45, 7) is 0. The molecule has 0 unspecified atom stereocenters. The Morgan fingerprint density at radius 2 is 0.706 bits per heavy atom. The molecule has 0 N–H and O–H groups in total. The molecular weight excluding hydrogens is 492 g/mol. The summed E-state index contributed by atoms with van der Waals surface area (Å²) < 4.78 is 11.6. The summed E-state index contributed by atoms with van der Waals surface area (Å²) in [6, 6.07) is 37.7. The minimum atomic E-state index is -1.28. The van der Waals surface area contributed by atoms with Crippen LogP contribution in [0.4, 0.5) is 0 Å². The first-order chi connectivity index (χ1) is 16.6. The molecule has 0 saturated carbocycles. The number of alkyl halides is 1. The van der Waals surface area contributed by atoms with Gasteiger partial charge in [0.15, 0.2) is 12.2 Å². The molecule has 0 heterocycles. The number of esters is 2. The number of ether oxygens (including phenoxy) is 2. The Balaban J connectivity index is 1.53. The average Bonchev–Trinajstić information content (AvgIpc) is 2.91. The van der Waals surface area contributed by atoms with Crippen LogP contribution in [0.25, 0.3) is 0 Å². The Hall–Kier alpha value is -3.70. The molecule has 170 valence electrons. The first-order valence-electron chi connectivity index (χ1n) is 10.9. The Morgan fingerprint density at radius 1 is 0.471 bits per heavy atom. The maximum absolute atomic E-state index is 13.0. The van der Waals surface area contributed by atoms with Gasteiger partial charge in [-0.25, -0.2) is 0 Å². The lowest BCUT2D eigenvalue weighted by Crippen LogP contribution is -2.31. The van der Waals surface area contributed by atoms with Gasteiger partial charge in [0.1, 0.15) is 0 Å². The third-order valence-electron chi connectivity index (χ3n) is 5.29. The van der Waals surface area contributed by atoms with Gasteiger partial charge in [-0.3, -0.25) is 9.59 Å². The fourth-order valence-electron chi connectivity index (χ4n) is 3.62. The molecule has 0 bridgehead atoms. The molecule has 0 atom stereocenters. The second-order valence-electron chi connectivity index (χ2n) is 7.64. The lowest BCUT2D eigenvalue weighted by molar-refractivity contribution is -0.157. The van der Waals surface area contributed by atoms with Crippen LogP contribution in [0.5, 0.6) is 0 Å². The first kappa shape index (κ1) is 23.5. The molecule has 0 aliphatic rings. The van der Waals surface area contributed by atoms with E-state index in [1.807, 2.05) is 121 Å². The van der Waals surface area contributed by atoms with Crippen LogP contribution in [0, 0.1) is 0 Å². The number of carbonyl (C=O) groups excluding carboxylic acids is 2. The largest absolute Gasteiger partial charge is 0.451 e. The Bertz CT molecular complexity index is 1020. The van der Waals surface area contributed by atoms with Gasteiger partial charge in [0.25, 0.3) is 0 Å². The average molecular weight is 515 g/mol. The van der Waals surface area contributed by atoms with E-state index in [1.54, 1.807) is 0 Å². The van der Waals surface area contributed by atoms with Crippen LogP contribution in [0.15, 0.2) is 121 Å². The monoisotopic (exact) mass is 514 g/mol. The molecule has 0 saturated heterocycles. The van der Waals surface area contributed by atoms with E-state index >= 15 is 0 Å². The van der Waals surface area contributed by atoms with E-state index in [0.717, 1.165) is 22.3 Å². The van der Waals surface area contributed by atoms with Crippen molar-refractivity contribution in [2.45, 2.75) is 17.0 Å². The van der Waals surface area contributed by atoms with Crippen molar-refractivity contribution < 1.29 is 19.1 Å². The molecule has 0 radical (unpaired) electrons. The highest BCUT2D eigenvalue weighted by atomic mass is 79.9. The van der Waals surface area contributed by atoms with Gasteiger partial charge < -0.3 is 9.47 Å². The summed E-state index contributed by atoms with van der Waals surface area (Å²) in [7, 11) is 0. The second kappa shape index (κ2) is 11.4. The van der Waals surface area contributed by atoms with Gasteiger partial charge in [-0.1, -0.05) is 137 Å². The molecule has 0 amide bonds. The fraction of sp³-hybridized carbons (Fsp3) is 0.103. The van der Waals surface area contributed by atoms with Crippen molar-refractivity contribution in [3.8, 4) is 0 Å². The molecule has 4 rings (SSSR count). The summed E-state index contributed by atoms with van der Waals surface area (Å²) in [5.74, 6) is -1.44. The van der Waals surface area contributed by atoms with Crippen LogP contribution >= 0.6 is 15.9 Å². The second-order valence-corrected chi connectivity index (χ2v) is 8.55. The van der Waals surface area contributed by atoms with Crippen molar-refractivity contribution >= 4 is 27.9 Å². The Morgan fingerprint density at radius 3 is 0.941 bits per heavy atom. The molecule has 0 spiro atoms. The van der Waals surface area contributed by atoms with E-state index in [2.05, 4.69) is 15.9 Å². The van der Waals surface area contributed by atoms with E-state index in [1.165, 1.54) is 0 Å². The molecular formula is C29H23BrO4. The van der Waals surface area contributed by atoms with Crippen molar-refractivity contribution in [2.75, 3.05) is 0 Å². The number of hydrogen-bond donors (Lipinski definition) is 0. The zero-order valence-electron chi connectivity index (χ0n) is 18.3. The SMILES string of the molecule is O=C(OC(c1ccccc1)c1ccccc1)C(Br)C(=O)OC(c1ccccc1)c1ccccc1. The van der Waals surface area contributed by atoms with Crippen LogP contribution in [-0.4, -0.2) is 16.8 Å². The minimum absolute atomic E-state index is 0.651. The Labute approximate surface area is 207 Å². The van der Waals surface area contributed by atoms with Gasteiger partial charge in [0.2, 0.25) is 4.83 Å². The van der Waals surface area contributed by atoms with Crippen LogP contribution in [-0.2, 0) is 19.1 Å². The molecule has 4 nitrogen and oxygen atoms in total. The zero-order chi connectivity index (χ0) is 23.8. The van der Waals surface area contributed by atoms with E-state index in [0.29, 0.717) is 0 Å². The lowest BCUT2D eigenvalue weighted by Gasteiger charge is -2.22. The number of halogens is 1. The lowest BCUT2D eigenvalue weighted by atomic mass is 10.0. The van der Waals surface area contributed by atoms with Crippen LogP contribution < -0.4 is 0 Å². The highest BCUT2D eigenvalue weighted by Crippen LogP contribution is 2.29. The first-order valence-corrected chi connectivity index (χ1v) is 11.8. The third-order valence-corrected chi connectivity index (χ3v) is 6.04. The normalized spacial score (nSPS) is 10.9. The predicted molar refractivity (Wildman–Crippen MR) is 134 cm³/mol. The molecule has 4 aromatic carbocycles. The van der Waals surface area contributed by atoms with Crippen molar-refractivity contribution in [3.05, 3.63) is 144 Å². The molecule has 0 fully saturated rings. The van der Waals surface area contributed by atoms with Gasteiger partial charge in [-0.2, -0.15) is 0 Å². The number of hydrogen-bond acceptors (Lipinski definition) is 4. The molecule has 5 heteroatoms. The van der Waals surface area contributed by atoms with Gasteiger partial charge in [0, 0.05) is 0 Å². The zero-order valence-corrected chi connectivity index (χ0v) is 19.9. The van der Waals surface area contributed by atoms with Gasteiger partial charge >= 0.3 is 11.9 Å². The number of benzene rings is 4. The molecule has 34 heavy (non-hydrogen) atoms. The Kier molecular flexibility index (Phi) is 7.89. The quantitative estimate of drug-likeness (QED) is 0.155. The summed E-state index contributed by atoms with van der Waals surface area (Å²) in [5.41, 5.74) is 3.23. The van der Waals surface area contributed by atoms with Crippen LogP contribution in [0.3, 0.4) is 0 Å². The molecule has 0 aromatic heterocycles. The summed E-state index contributed by atoms with van der Waals surface area (Å²) in [5, 5.41) is 0. The molecule has 0 aliphatic carbocycles. The summed E-state index contributed by atoms with van der Waals surface area (Å²) in [6.07, 6.45) is -1.30. The van der Waals surface area contributed by atoms with E-state index in [4.69, 9.17) is 9.47 Å². The van der Waals surface area contributed by atoms with Crippen molar-refractivity contribution in [2.24, 2.45) is 0 Å². The summed E-state index contributed by atoms with van der Waals surface area (Å²) >= 11 is 3.21. The highest BCUT2D eigenvalue weighted by Gasteiger charge is 2.32. The number of rotatable bonds is 8. The summed E-state index contributed by atoms with van der Waals surface area (Å²) in [4.78, 5) is 24.8. The van der Waals surface area contributed by atoms with Crippen LogP contribution in [0.1, 0.15) is 34.5 Å². The van der Waals surface area contributed by atoms with Crippen molar-refractivity contribution in [3.63, 3.8) is 0 Å². The van der Waals surface area contributed by atoms with E-state index in [-0.39, 0.29) is 0 Å². The number of carbonyl (C=O) groups is 2. The third kappa shape index (κ3) is 5.80. The van der Waals surface area contributed by atoms with Crippen molar-refractivity contribution in [1.29, 1.82) is 0 Å². The van der Waals surface area contributed by atoms with E-state index < -0.39 is 29.0 Å². The van der Waals surface area contributed by atoms with Gasteiger partial charge in [-0.05, 0) is 22.3 Å². The van der Waals surface area contributed by atoms with Gasteiger partial charge in [0.05, 0.1) is 0 Å². The van der Waals surface area contributed by atoms with Crippen molar-refractivity contribution in [1.82, 2.24) is 0 Å².